The van der Waals surface area contributed by atoms with Crippen molar-refractivity contribution in [3.05, 3.63) is 48.0 Å². The minimum absolute atomic E-state index is 0.0651. The highest BCUT2D eigenvalue weighted by atomic mass is 16.6. The van der Waals surface area contributed by atoms with E-state index in [1.54, 1.807) is 43.9 Å². The molecule has 0 bridgehead atoms. The van der Waals surface area contributed by atoms with Crippen LogP contribution in [0.4, 0.5) is 5.69 Å². The van der Waals surface area contributed by atoms with Gasteiger partial charge in [0.2, 0.25) is 5.88 Å². The van der Waals surface area contributed by atoms with Crippen LogP contribution in [0.5, 0.6) is 17.4 Å². The Labute approximate surface area is 191 Å². The van der Waals surface area contributed by atoms with E-state index in [1.807, 2.05) is 43.3 Å². The van der Waals surface area contributed by atoms with Crippen LogP contribution in [0.2, 0.25) is 0 Å². The Hall–Kier alpha value is -3.92. The molecule has 0 atom stereocenters. The monoisotopic (exact) mass is 453 g/mol. The number of methoxy groups -OCH3 is 2. The molecule has 1 N–H and O–H groups in total. The Morgan fingerprint density at radius 2 is 1.82 bits per heavy atom. The third-order valence-corrected chi connectivity index (χ3v) is 4.79. The van der Waals surface area contributed by atoms with E-state index in [4.69, 9.17) is 14.3 Å². The molecule has 1 heterocycles. The van der Waals surface area contributed by atoms with E-state index in [9.17, 15) is 9.90 Å². The quantitative estimate of drug-likeness (QED) is 0.299. The first-order valence-corrected chi connectivity index (χ1v) is 10.1. The number of hydrogen-bond donors (Lipinski definition) is 1. The molecule has 1 aromatic heterocycles. The molecule has 174 valence electrons. The van der Waals surface area contributed by atoms with Crippen molar-refractivity contribution >= 4 is 28.2 Å². The molecular weight excluding hydrogens is 426 g/mol. The molecular formula is C23H27N5O5. The number of amides is 1. The highest BCUT2D eigenvalue weighted by molar-refractivity contribution is 5.99. The van der Waals surface area contributed by atoms with E-state index in [2.05, 4.69) is 15.4 Å². The summed E-state index contributed by atoms with van der Waals surface area (Å²) in [6.07, 6.45) is 0. The van der Waals surface area contributed by atoms with E-state index in [1.165, 1.54) is 0 Å². The maximum atomic E-state index is 12.2. The number of hydrogen-bond acceptors (Lipinski definition) is 8. The number of azo groups is 1. The summed E-state index contributed by atoms with van der Waals surface area (Å²) in [6, 6.07) is 12.7. The zero-order chi connectivity index (χ0) is 24.0. The van der Waals surface area contributed by atoms with Crippen molar-refractivity contribution < 1.29 is 24.2 Å². The Morgan fingerprint density at radius 3 is 2.52 bits per heavy atom. The molecule has 10 heteroatoms. The number of carbonyl (C=O) groups is 1. The van der Waals surface area contributed by atoms with Crippen LogP contribution >= 0.6 is 0 Å². The molecule has 2 aromatic carbocycles. The van der Waals surface area contributed by atoms with Gasteiger partial charge in [0.05, 0.1) is 32.1 Å². The van der Waals surface area contributed by atoms with Gasteiger partial charge >= 0.3 is 5.91 Å². The Kier molecular flexibility index (Phi) is 7.62. The fourth-order valence-corrected chi connectivity index (χ4v) is 3.23. The predicted octanol–water partition coefficient (Wildman–Crippen LogP) is 3.93. The van der Waals surface area contributed by atoms with Crippen LogP contribution in [0, 0.1) is 0 Å². The molecule has 10 nitrogen and oxygen atoms in total. The largest absolute Gasteiger partial charge is 0.493 e. The molecule has 0 spiro atoms. The summed E-state index contributed by atoms with van der Waals surface area (Å²) in [5.74, 6) is 0.454. The van der Waals surface area contributed by atoms with Gasteiger partial charge in [-0.25, -0.2) is 0 Å². The minimum atomic E-state index is -0.636. The lowest BCUT2D eigenvalue weighted by molar-refractivity contribution is -0.122. The number of ether oxygens (including phenoxy) is 2. The molecule has 0 aliphatic carbocycles. The normalized spacial score (nSPS) is 12.0. The smallest absolute Gasteiger partial charge is 0.304 e. The minimum Gasteiger partial charge on any atom is -0.493 e. The van der Waals surface area contributed by atoms with Crippen molar-refractivity contribution in [3.63, 3.8) is 0 Å². The van der Waals surface area contributed by atoms with E-state index in [-0.39, 0.29) is 11.6 Å². The first-order valence-electron chi connectivity index (χ1n) is 10.1. The average Bonchev–Trinajstić information content (AvgIpc) is 3.07. The summed E-state index contributed by atoms with van der Waals surface area (Å²) in [7, 11) is 6.88. The van der Waals surface area contributed by atoms with Crippen molar-refractivity contribution in [2.45, 2.75) is 13.6 Å². The highest BCUT2D eigenvalue weighted by Crippen LogP contribution is 2.38. The fourth-order valence-electron chi connectivity index (χ4n) is 3.23. The SMILES string of the molecule is COc1ccc(/C(C)=N/OCC(=O)N=Nc2c(O)n(CN(C)C)c3ccccc23)cc1OC. The number of nitrogens with zero attached hydrogens (tertiary/aromatic N) is 5. The van der Waals surface area contributed by atoms with Crippen LogP contribution in [0.3, 0.4) is 0 Å². The van der Waals surface area contributed by atoms with Gasteiger partial charge in [0.1, 0.15) is 0 Å². The number of aromatic nitrogens is 1. The van der Waals surface area contributed by atoms with Gasteiger partial charge in [-0.1, -0.05) is 23.4 Å². The summed E-state index contributed by atoms with van der Waals surface area (Å²) in [6.45, 7) is 1.79. The highest BCUT2D eigenvalue weighted by Gasteiger charge is 2.17. The third kappa shape index (κ3) is 5.47. The number of para-hydroxylation sites is 1. The molecule has 0 saturated heterocycles. The van der Waals surface area contributed by atoms with Crippen LogP contribution in [-0.2, 0) is 16.3 Å². The molecule has 33 heavy (non-hydrogen) atoms. The number of carbonyl (C=O) groups excluding carboxylic acids is 1. The van der Waals surface area contributed by atoms with Crippen molar-refractivity contribution in [3.8, 4) is 17.4 Å². The zero-order valence-corrected chi connectivity index (χ0v) is 19.3. The van der Waals surface area contributed by atoms with Gasteiger partial charge in [0.25, 0.3) is 0 Å². The van der Waals surface area contributed by atoms with Crippen molar-refractivity contribution in [2.75, 3.05) is 34.9 Å². The molecule has 0 aliphatic rings. The van der Waals surface area contributed by atoms with Gasteiger partial charge in [-0.05, 0) is 45.3 Å². The van der Waals surface area contributed by atoms with E-state index in [0.29, 0.717) is 29.3 Å². The predicted molar refractivity (Wildman–Crippen MR) is 125 cm³/mol. The van der Waals surface area contributed by atoms with E-state index in [0.717, 1.165) is 11.1 Å². The van der Waals surface area contributed by atoms with E-state index >= 15 is 0 Å². The second-order valence-corrected chi connectivity index (χ2v) is 7.45. The number of aromatic hydroxyl groups is 1. The average molecular weight is 453 g/mol. The van der Waals surface area contributed by atoms with Crippen molar-refractivity contribution in [2.24, 2.45) is 15.4 Å². The van der Waals surface area contributed by atoms with Gasteiger partial charge in [-0.2, -0.15) is 0 Å². The Balaban J connectivity index is 1.70. The maximum Gasteiger partial charge on any atom is 0.304 e. The molecule has 0 saturated carbocycles. The molecule has 3 aromatic rings. The van der Waals surface area contributed by atoms with Crippen LogP contribution < -0.4 is 9.47 Å². The second kappa shape index (κ2) is 10.6. The zero-order valence-electron chi connectivity index (χ0n) is 19.3. The fraction of sp³-hybridized carbons (Fsp3) is 0.304. The number of benzene rings is 2. The molecule has 1 amide bonds. The maximum absolute atomic E-state index is 12.2. The first kappa shape index (κ1) is 23.7. The van der Waals surface area contributed by atoms with Crippen LogP contribution in [0.25, 0.3) is 10.9 Å². The van der Waals surface area contributed by atoms with Crippen molar-refractivity contribution in [1.29, 1.82) is 0 Å². The number of oxime groups is 1. The van der Waals surface area contributed by atoms with Gasteiger partial charge in [-0.3, -0.25) is 14.3 Å². The Bertz CT molecular complexity index is 1200. The van der Waals surface area contributed by atoms with Crippen LogP contribution in [0.15, 0.2) is 57.8 Å². The lowest BCUT2D eigenvalue weighted by Gasteiger charge is -2.12. The third-order valence-electron chi connectivity index (χ3n) is 4.79. The summed E-state index contributed by atoms with van der Waals surface area (Å²) in [4.78, 5) is 19.2. The molecule has 0 radical (unpaired) electrons. The summed E-state index contributed by atoms with van der Waals surface area (Å²) in [5.41, 5.74) is 2.31. The lowest BCUT2D eigenvalue weighted by Crippen LogP contribution is -2.16. The van der Waals surface area contributed by atoms with Gasteiger partial charge in [0, 0.05) is 10.9 Å². The molecule has 0 unspecified atom stereocenters. The standard InChI is InChI=1S/C23H27N5O5/c1-15(16-10-11-19(31-4)20(12-16)32-5)26-33-13-21(29)24-25-22-17-8-6-7-9-18(17)28(23(22)30)14-27(2)3/h6-12,30H,13-14H2,1-5H3/b25-24?,26-15+. The van der Waals surface area contributed by atoms with Crippen LogP contribution in [0.1, 0.15) is 12.5 Å². The number of fused-ring (bicyclic) bond motifs is 1. The van der Waals surface area contributed by atoms with Gasteiger partial charge in [0.15, 0.2) is 23.8 Å². The summed E-state index contributed by atoms with van der Waals surface area (Å²) in [5, 5.41) is 23.0. The van der Waals surface area contributed by atoms with Crippen molar-refractivity contribution in [1.82, 2.24) is 9.47 Å². The lowest BCUT2D eigenvalue weighted by atomic mass is 10.1. The summed E-state index contributed by atoms with van der Waals surface area (Å²) >= 11 is 0. The van der Waals surface area contributed by atoms with E-state index < -0.39 is 12.5 Å². The summed E-state index contributed by atoms with van der Waals surface area (Å²) < 4.78 is 12.2. The first-order chi connectivity index (χ1) is 15.8. The molecule has 3 rings (SSSR count). The Morgan fingerprint density at radius 1 is 1.09 bits per heavy atom. The van der Waals surface area contributed by atoms with Gasteiger partial charge in [-0.15, -0.1) is 10.2 Å². The molecule has 0 aliphatic heterocycles. The second-order valence-electron chi connectivity index (χ2n) is 7.45. The number of rotatable bonds is 9. The topological polar surface area (TPSA) is 110 Å². The van der Waals surface area contributed by atoms with Gasteiger partial charge < -0.3 is 19.4 Å². The molecule has 0 fully saturated rings. The van der Waals surface area contributed by atoms with Crippen LogP contribution in [-0.4, -0.2) is 61.1 Å².